The van der Waals surface area contributed by atoms with Crippen LogP contribution in [0.1, 0.15) is 16.1 Å². The summed E-state index contributed by atoms with van der Waals surface area (Å²) in [6.07, 6.45) is 2.58. The number of ether oxygens (including phenoxy) is 1. The van der Waals surface area contributed by atoms with Crippen molar-refractivity contribution in [1.82, 2.24) is 4.98 Å². The molecule has 16 heavy (non-hydrogen) atoms. The SMILES string of the molecule is O=Cc1ccc(OCc2ccc[nH]2)c(Cl)c1. The smallest absolute Gasteiger partial charge is 0.150 e. The lowest BCUT2D eigenvalue weighted by Gasteiger charge is -2.06. The van der Waals surface area contributed by atoms with Gasteiger partial charge in [0.2, 0.25) is 0 Å². The first-order valence-corrected chi connectivity index (χ1v) is 5.17. The van der Waals surface area contributed by atoms with E-state index >= 15 is 0 Å². The number of hydrogen-bond donors (Lipinski definition) is 1. The Hall–Kier alpha value is -1.74. The summed E-state index contributed by atoms with van der Waals surface area (Å²) in [5, 5.41) is 0.441. The molecule has 1 aromatic carbocycles. The molecule has 0 aliphatic rings. The summed E-state index contributed by atoms with van der Waals surface area (Å²) in [4.78, 5) is 13.5. The van der Waals surface area contributed by atoms with Gasteiger partial charge in [0.15, 0.2) is 0 Å². The van der Waals surface area contributed by atoms with E-state index in [1.54, 1.807) is 18.2 Å². The fourth-order valence-electron chi connectivity index (χ4n) is 1.32. The van der Waals surface area contributed by atoms with Crippen molar-refractivity contribution < 1.29 is 9.53 Å². The molecule has 1 N–H and O–H groups in total. The third-order valence-corrected chi connectivity index (χ3v) is 2.43. The molecule has 0 saturated carbocycles. The van der Waals surface area contributed by atoms with Gasteiger partial charge in [0.25, 0.3) is 0 Å². The molecule has 0 atom stereocenters. The molecule has 0 bridgehead atoms. The van der Waals surface area contributed by atoms with Crippen LogP contribution >= 0.6 is 11.6 Å². The molecular formula is C12H10ClNO2. The average Bonchev–Trinajstić information content (AvgIpc) is 2.80. The van der Waals surface area contributed by atoms with Crippen molar-refractivity contribution in [2.75, 3.05) is 0 Å². The van der Waals surface area contributed by atoms with Crippen molar-refractivity contribution in [2.45, 2.75) is 6.61 Å². The Labute approximate surface area is 98.0 Å². The van der Waals surface area contributed by atoms with Crippen LogP contribution in [0.15, 0.2) is 36.5 Å². The van der Waals surface area contributed by atoms with Crippen LogP contribution in [-0.4, -0.2) is 11.3 Å². The topological polar surface area (TPSA) is 42.1 Å². The van der Waals surface area contributed by atoms with Crippen molar-refractivity contribution in [2.24, 2.45) is 0 Å². The highest BCUT2D eigenvalue weighted by Crippen LogP contribution is 2.25. The summed E-state index contributed by atoms with van der Waals surface area (Å²) in [5.74, 6) is 0.571. The third-order valence-electron chi connectivity index (χ3n) is 2.14. The van der Waals surface area contributed by atoms with Gasteiger partial charge in [-0.3, -0.25) is 4.79 Å². The van der Waals surface area contributed by atoms with Crippen molar-refractivity contribution >= 4 is 17.9 Å². The molecule has 1 aromatic heterocycles. The molecule has 0 aliphatic carbocycles. The van der Waals surface area contributed by atoms with E-state index in [4.69, 9.17) is 16.3 Å². The lowest BCUT2D eigenvalue weighted by Crippen LogP contribution is -1.96. The number of hydrogen-bond acceptors (Lipinski definition) is 2. The average molecular weight is 236 g/mol. The number of aromatic amines is 1. The van der Waals surface area contributed by atoms with E-state index in [0.717, 1.165) is 12.0 Å². The fourth-order valence-corrected chi connectivity index (χ4v) is 1.56. The van der Waals surface area contributed by atoms with Crippen LogP contribution in [0.4, 0.5) is 0 Å². The van der Waals surface area contributed by atoms with Crippen molar-refractivity contribution in [1.29, 1.82) is 0 Å². The first-order valence-electron chi connectivity index (χ1n) is 4.79. The van der Waals surface area contributed by atoms with Gasteiger partial charge in [-0.25, -0.2) is 0 Å². The van der Waals surface area contributed by atoms with Gasteiger partial charge in [-0.1, -0.05) is 11.6 Å². The Kier molecular flexibility index (Phi) is 3.27. The van der Waals surface area contributed by atoms with Crippen LogP contribution in [0.25, 0.3) is 0 Å². The van der Waals surface area contributed by atoms with E-state index in [0.29, 0.717) is 22.9 Å². The standard InChI is InChI=1S/C12H10ClNO2/c13-11-6-9(7-15)3-4-12(11)16-8-10-2-1-5-14-10/h1-7,14H,8H2. The van der Waals surface area contributed by atoms with Gasteiger partial charge in [0.1, 0.15) is 18.6 Å². The van der Waals surface area contributed by atoms with Crippen LogP contribution in [0.2, 0.25) is 5.02 Å². The van der Waals surface area contributed by atoms with Crippen molar-refractivity contribution in [3.05, 3.63) is 52.8 Å². The molecule has 2 rings (SSSR count). The molecule has 0 fully saturated rings. The Morgan fingerprint density at radius 1 is 1.38 bits per heavy atom. The molecule has 1 heterocycles. The molecule has 0 unspecified atom stereocenters. The predicted octanol–water partition coefficient (Wildman–Crippen LogP) is 3.06. The summed E-state index contributed by atoms with van der Waals surface area (Å²) >= 11 is 5.95. The highest BCUT2D eigenvalue weighted by Gasteiger charge is 2.03. The van der Waals surface area contributed by atoms with Gasteiger partial charge < -0.3 is 9.72 Å². The largest absolute Gasteiger partial charge is 0.486 e. The Morgan fingerprint density at radius 2 is 2.25 bits per heavy atom. The van der Waals surface area contributed by atoms with Gasteiger partial charge in [0.05, 0.1) is 10.7 Å². The molecule has 4 heteroatoms. The number of nitrogens with one attached hydrogen (secondary N) is 1. The van der Waals surface area contributed by atoms with Crippen LogP contribution in [0, 0.1) is 0 Å². The molecule has 0 saturated heterocycles. The number of aldehydes is 1. The second-order valence-electron chi connectivity index (χ2n) is 3.29. The highest BCUT2D eigenvalue weighted by molar-refractivity contribution is 6.32. The number of H-pyrrole nitrogens is 1. The second kappa shape index (κ2) is 4.86. The number of carbonyl (C=O) groups is 1. The van der Waals surface area contributed by atoms with Crippen LogP contribution in [0.3, 0.4) is 0 Å². The van der Waals surface area contributed by atoms with E-state index in [2.05, 4.69) is 4.98 Å². The maximum absolute atomic E-state index is 10.5. The van der Waals surface area contributed by atoms with Gasteiger partial charge in [0, 0.05) is 11.8 Å². The molecular weight excluding hydrogens is 226 g/mol. The first-order chi connectivity index (χ1) is 7.79. The Bertz CT molecular complexity index is 480. The van der Waals surface area contributed by atoms with Crippen molar-refractivity contribution in [3.63, 3.8) is 0 Å². The summed E-state index contributed by atoms with van der Waals surface area (Å²) < 4.78 is 5.50. The minimum absolute atomic E-state index is 0.424. The maximum Gasteiger partial charge on any atom is 0.150 e. The lowest BCUT2D eigenvalue weighted by atomic mass is 10.2. The van der Waals surface area contributed by atoms with E-state index in [9.17, 15) is 4.79 Å². The Balaban J connectivity index is 2.07. The third kappa shape index (κ3) is 2.44. The molecule has 0 spiro atoms. The second-order valence-corrected chi connectivity index (χ2v) is 3.70. The lowest BCUT2D eigenvalue weighted by molar-refractivity contribution is 0.112. The molecule has 2 aromatic rings. The summed E-state index contributed by atoms with van der Waals surface area (Å²) in [6.45, 7) is 0.424. The van der Waals surface area contributed by atoms with Crippen LogP contribution in [0.5, 0.6) is 5.75 Å². The molecule has 0 radical (unpaired) electrons. The van der Waals surface area contributed by atoms with Gasteiger partial charge in [-0.15, -0.1) is 0 Å². The highest BCUT2D eigenvalue weighted by atomic mass is 35.5. The number of rotatable bonds is 4. The molecule has 0 amide bonds. The number of carbonyl (C=O) groups excluding carboxylic acids is 1. The van der Waals surface area contributed by atoms with Crippen molar-refractivity contribution in [3.8, 4) is 5.75 Å². The zero-order valence-corrected chi connectivity index (χ0v) is 9.20. The van der Waals surface area contributed by atoms with Gasteiger partial charge in [-0.05, 0) is 30.3 Å². The fraction of sp³-hybridized carbons (Fsp3) is 0.0833. The number of aromatic nitrogens is 1. The van der Waals surface area contributed by atoms with Gasteiger partial charge >= 0.3 is 0 Å². The van der Waals surface area contributed by atoms with E-state index in [1.807, 2.05) is 18.3 Å². The predicted molar refractivity (Wildman–Crippen MR) is 62.0 cm³/mol. The molecule has 3 nitrogen and oxygen atoms in total. The number of halogens is 1. The first kappa shape index (κ1) is 10.8. The normalized spacial score (nSPS) is 10.1. The minimum Gasteiger partial charge on any atom is -0.486 e. The molecule has 0 aliphatic heterocycles. The van der Waals surface area contributed by atoms with E-state index in [1.165, 1.54) is 0 Å². The summed E-state index contributed by atoms with van der Waals surface area (Å²) in [5.41, 5.74) is 1.51. The zero-order chi connectivity index (χ0) is 11.4. The van der Waals surface area contributed by atoms with Crippen LogP contribution < -0.4 is 4.74 Å². The van der Waals surface area contributed by atoms with E-state index < -0.39 is 0 Å². The van der Waals surface area contributed by atoms with E-state index in [-0.39, 0.29) is 0 Å². The summed E-state index contributed by atoms with van der Waals surface area (Å²) in [6, 6.07) is 8.76. The quantitative estimate of drug-likeness (QED) is 0.828. The van der Waals surface area contributed by atoms with Crippen LogP contribution in [-0.2, 0) is 6.61 Å². The number of benzene rings is 1. The monoisotopic (exact) mass is 235 g/mol. The van der Waals surface area contributed by atoms with Gasteiger partial charge in [-0.2, -0.15) is 0 Å². The molecule has 82 valence electrons. The summed E-state index contributed by atoms with van der Waals surface area (Å²) in [7, 11) is 0. The Morgan fingerprint density at radius 3 is 2.88 bits per heavy atom. The maximum atomic E-state index is 10.5. The minimum atomic E-state index is 0.424. The zero-order valence-electron chi connectivity index (χ0n) is 8.44.